The topological polar surface area (TPSA) is 87.7 Å². The fourth-order valence-electron chi connectivity index (χ4n) is 2.92. The van der Waals surface area contributed by atoms with E-state index in [0.717, 1.165) is 26.1 Å². The third-order valence-electron chi connectivity index (χ3n) is 4.29. The van der Waals surface area contributed by atoms with Crippen molar-refractivity contribution in [1.82, 2.24) is 14.9 Å². The molecule has 140 valence electrons. The van der Waals surface area contributed by atoms with Crippen LogP contribution in [-0.2, 0) is 14.8 Å². The number of ether oxygens (including phenoxy) is 1. The highest BCUT2D eigenvalue weighted by atomic mass is 35.5. The summed E-state index contributed by atoms with van der Waals surface area (Å²) in [6.07, 6.45) is 1.60. The van der Waals surface area contributed by atoms with Crippen LogP contribution in [0.5, 0.6) is 0 Å². The zero-order valence-corrected chi connectivity index (χ0v) is 15.6. The highest BCUT2D eigenvalue weighted by Gasteiger charge is 2.24. The van der Waals surface area contributed by atoms with Crippen molar-refractivity contribution in [3.8, 4) is 0 Å². The van der Waals surface area contributed by atoms with Gasteiger partial charge in [-0.25, -0.2) is 13.1 Å². The Balaban J connectivity index is 0.00000225. The number of hydrogen-bond acceptors (Lipinski definition) is 5. The van der Waals surface area contributed by atoms with Gasteiger partial charge in [0.25, 0.3) is 5.91 Å². The summed E-state index contributed by atoms with van der Waals surface area (Å²) in [7, 11) is -3.58. The van der Waals surface area contributed by atoms with Gasteiger partial charge in [0.2, 0.25) is 10.0 Å². The molecule has 7 nitrogen and oxygen atoms in total. The van der Waals surface area contributed by atoms with E-state index in [0.29, 0.717) is 31.7 Å². The summed E-state index contributed by atoms with van der Waals surface area (Å²) in [5, 5.41) is 3.26. The molecular formula is C16H24ClN3O4S. The second-order valence-electron chi connectivity index (χ2n) is 6.10. The van der Waals surface area contributed by atoms with Crippen molar-refractivity contribution in [1.29, 1.82) is 0 Å². The van der Waals surface area contributed by atoms with Crippen molar-refractivity contribution in [2.45, 2.75) is 23.8 Å². The summed E-state index contributed by atoms with van der Waals surface area (Å²) >= 11 is 0. The number of carbonyl (C=O) groups excluding carboxylic acids is 1. The molecule has 1 unspecified atom stereocenters. The second-order valence-corrected chi connectivity index (χ2v) is 7.82. The summed E-state index contributed by atoms with van der Waals surface area (Å²) in [6.45, 7) is 4.06. The van der Waals surface area contributed by atoms with Gasteiger partial charge in [-0.15, -0.1) is 12.4 Å². The molecule has 2 heterocycles. The van der Waals surface area contributed by atoms with Crippen molar-refractivity contribution < 1.29 is 17.9 Å². The number of rotatable bonds is 4. The summed E-state index contributed by atoms with van der Waals surface area (Å²) in [6, 6.07) is 5.96. The van der Waals surface area contributed by atoms with Crippen LogP contribution in [0.15, 0.2) is 29.2 Å². The Labute approximate surface area is 154 Å². The predicted molar refractivity (Wildman–Crippen MR) is 96.6 cm³/mol. The van der Waals surface area contributed by atoms with Crippen LogP contribution in [0.25, 0.3) is 0 Å². The van der Waals surface area contributed by atoms with Crippen LogP contribution in [0.3, 0.4) is 0 Å². The molecule has 0 radical (unpaired) electrons. The molecule has 2 N–H and O–H groups in total. The van der Waals surface area contributed by atoms with Crippen LogP contribution in [0.2, 0.25) is 0 Å². The van der Waals surface area contributed by atoms with Crippen molar-refractivity contribution in [3.05, 3.63) is 29.8 Å². The van der Waals surface area contributed by atoms with E-state index < -0.39 is 10.0 Å². The van der Waals surface area contributed by atoms with Crippen molar-refractivity contribution in [2.75, 3.05) is 39.4 Å². The fraction of sp³-hybridized carbons (Fsp3) is 0.562. The number of carbonyl (C=O) groups is 1. The zero-order valence-electron chi connectivity index (χ0n) is 13.9. The molecule has 1 atom stereocenters. The minimum absolute atomic E-state index is 0. The molecule has 25 heavy (non-hydrogen) atoms. The van der Waals surface area contributed by atoms with Gasteiger partial charge >= 0.3 is 0 Å². The Kier molecular flexibility index (Phi) is 7.21. The molecule has 1 aromatic rings. The molecule has 2 fully saturated rings. The van der Waals surface area contributed by atoms with Crippen LogP contribution in [-0.4, -0.2) is 64.7 Å². The monoisotopic (exact) mass is 389 g/mol. The van der Waals surface area contributed by atoms with Crippen LogP contribution in [0, 0.1) is 0 Å². The minimum Gasteiger partial charge on any atom is -0.380 e. The standard InChI is InChI=1S/C16H23N3O4S.ClH/c20-16(19-9-1-7-17-8-10-19)13-2-4-15(5-3-13)24(21,22)18-14-6-11-23-12-14;/h2-5,14,17-18H,1,6-12H2;1H. The molecule has 2 aliphatic rings. The number of hydrogen-bond donors (Lipinski definition) is 2. The number of amides is 1. The van der Waals surface area contributed by atoms with E-state index in [4.69, 9.17) is 4.74 Å². The molecule has 1 aromatic carbocycles. The van der Waals surface area contributed by atoms with Crippen LogP contribution in [0.4, 0.5) is 0 Å². The Morgan fingerprint density at radius 2 is 1.96 bits per heavy atom. The average Bonchev–Trinajstić information content (AvgIpc) is 2.93. The molecule has 3 rings (SSSR count). The normalized spacial score (nSPS) is 21.4. The lowest BCUT2D eigenvalue weighted by Crippen LogP contribution is -2.35. The Morgan fingerprint density at radius 1 is 1.20 bits per heavy atom. The molecule has 0 saturated carbocycles. The van der Waals surface area contributed by atoms with Gasteiger partial charge in [-0.2, -0.15) is 0 Å². The third kappa shape index (κ3) is 5.15. The lowest BCUT2D eigenvalue weighted by Gasteiger charge is -2.20. The molecule has 0 aliphatic carbocycles. The molecule has 0 aromatic heterocycles. The maximum absolute atomic E-state index is 12.5. The number of benzene rings is 1. The third-order valence-corrected chi connectivity index (χ3v) is 5.83. The Bertz CT molecular complexity index is 667. The highest BCUT2D eigenvalue weighted by Crippen LogP contribution is 2.15. The summed E-state index contributed by atoms with van der Waals surface area (Å²) in [5.41, 5.74) is 0.514. The largest absolute Gasteiger partial charge is 0.380 e. The molecule has 0 spiro atoms. The zero-order chi connectivity index (χ0) is 17.0. The molecule has 0 bridgehead atoms. The highest BCUT2D eigenvalue weighted by molar-refractivity contribution is 7.89. The minimum atomic E-state index is -3.58. The van der Waals surface area contributed by atoms with Crippen LogP contribution in [0.1, 0.15) is 23.2 Å². The first-order chi connectivity index (χ1) is 11.6. The fourth-order valence-corrected chi connectivity index (χ4v) is 4.18. The van der Waals surface area contributed by atoms with Crippen molar-refractivity contribution in [2.24, 2.45) is 0 Å². The first kappa shape index (κ1) is 20.1. The van der Waals surface area contributed by atoms with Crippen molar-refractivity contribution in [3.63, 3.8) is 0 Å². The van der Waals surface area contributed by atoms with Gasteiger partial charge in [0.05, 0.1) is 11.5 Å². The number of nitrogens with zero attached hydrogens (tertiary/aromatic N) is 1. The lowest BCUT2D eigenvalue weighted by molar-refractivity contribution is 0.0766. The van der Waals surface area contributed by atoms with E-state index in [9.17, 15) is 13.2 Å². The SMILES string of the molecule is Cl.O=C(c1ccc(S(=O)(=O)NC2CCOC2)cc1)N1CCCNCC1. The van der Waals surface area contributed by atoms with Gasteiger partial charge in [0.15, 0.2) is 0 Å². The molecule has 9 heteroatoms. The Hall–Kier alpha value is -1.19. The van der Waals surface area contributed by atoms with Gasteiger partial charge < -0.3 is 15.0 Å². The van der Waals surface area contributed by atoms with Crippen LogP contribution < -0.4 is 10.0 Å². The van der Waals surface area contributed by atoms with Gasteiger partial charge in [0.1, 0.15) is 0 Å². The molecule has 2 saturated heterocycles. The number of nitrogens with one attached hydrogen (secondary N) is 2. The quantitative estimate of drug-likeness (QED) is 0.787. The van der Waals surface area contributed by atoms with E-state index in [1.54, 1.807) is 17.0 Å². The van der Waals surface area contributed by atoms with E-state index in [2.05, 4.69) is 10.0 Å². The first-order valence-electron chi connectivity index (χ1n) is 8.26. The first-order valence-corrected chi connectivity index (χ1v) is 9.75. The number of sulfonamides is 1. The van der Waals surface area contributed by atoms with E-state index in [1.807, 2.05) is 0 Å². The average molecular weight is 390 g/mol. The summed E-state index contributed by atoms with van der Waals surface area (Å²) in [4.78, 5) is 14.5. The number of halogens is 1. The maximum Gasteiger partial charge on any atom is 0.253 e. The van der Waals surface area contributed by atoms with E-state index >= 15 is 0 Å². The van der Waals surface area contributed by atoms with E-state index in [1.165, 1.54) is 12.1 Å². The molecular weight excluding hydrogens is 366 g/mol. The van der Waals surface area contributed by atoms with Gasteiger partial charge in [-0.1, -0.05) is 0 Å². The molecule has 1 amide bonds. The predicted octanol–water partition coefficient (Wildman–Crippen LogP) is 0.611. The van der Waals surface area contributed by atoms with Gasteiger partial charge in [-0.3, -0.25) is 4.79 Å². The summed E-state index contributed by atoms with van der Waals surface area (Å²) < 4.78 is 32.5. The Morgan fingerprint density at radius 3 is 2.64 bits per heavy atom. The van der Waals surface area contributed by atoms with Crippen LogP contribution >= 0.6 is 12.4 Å². The van der Waals surface area contributed by atoms with Gasteiger partial charge in [-0.05, 0) is 43.7 Å². The van der Waals surface area contributed by atoms with Crippen molar-refractivity contribution >= 4 is 28.3 Å². The molecule has 2 aliphatic heterocycles. The summed E-state index contributed by atoms with van der Waals surface area (Å²) in [5.74, 6) is -0.0557. The van der Waals surface area contributed by atoms with E-state index in [-0.39, 0.29) is 29.3 Å². The second kappa shape index (κ2) is 8.95. The maximum atomic E-state index is 12.5. The van der Waals surface area contributed by atoms with Gasteiger partial charge in [0, 0.05) is 37.8 Å². The lowest BCUT2D eigenvalue weighted by atomic mass is 10.2. The smallest absolute Gasteiger partial charge is 0.253 e.